The van der Waals surface area contributed by atoms with E-state index in [-0.39, 0.29) is 6.61 Å². The van der Waals surface area contributed by atoms with Crippen molar-refractivity contribution in [3.8, 4) is 5.75 Å². The van der Waals surface area contributed by atoms with Gasteiger partial charge in [0.1, 0.15) is 12.4 Å². The molecule has 1 rings (SSSR count). The van der Waals surface area contributed by atoms with Gasteiger partial charge in [-0.15, -0.1) is 0 Å². The Labute approximate surface area is 112 Å². The van der Waals surface area contributed by atoms with Crippen LogP contribution in [0.2, 0.25) is 0 Å². The molecule has 0 unspecified atom stereocenters. The van der Waals surface area contributed by atoms with Crippen LogP contribution in [0.1, 0.15) is 5.56 Å². The van der Waals surface area contributed by atoms with E-state index in [1.165, 1.54) is 6.08 Å². The van der Waals surface area contributed by atoms with Crippen molar-refractivity contribution >= 4 is 12.0 Å². The molecule has 5 heteroatoms. The van der Waals surface area contributed by atoms with Crippen LogP contribution in [0.15, 0.2) is 30.3 Å². The molecule has 1 aromatic rings. The van der Waals surface area contributed by atoms with Crippen molar-refractivity contribution < 1.29 is 19.7 Å². The molecule has 0 heterocycles. The molecule has 2 N–H and O–H groups in total. The maximum absolute atomic E-state index is 10.4. The summed E-state index contributed by atoms with van der Waals surface area (Å²) in [4.78, 5) is 12.3. The van der Waals surface area contributed by atoms with Crippen molar-refractivity contribution in [2.75, 3.05) is 33.4 Å². The Bertz CT molecular complexity index is 414. The van der Waals surface area contributed by atoms with E-state index in [0.717, 1.165) is 23.9 Å². The van der Waals surface area contributed by atoms with Gasteiger partial charge in [-0.1, -0.05) is 12.1 Å². The summed E-state index contributed by atoms with van der Waals surface area (Å²) >= 11 is 0. The van der Waals surface area contributed by atoms with Crippen LogP contribution in [0.25, 0.3) is 6.08 Å². The number of carboxylic acids is 1. The van der Waals surface area contributed by atoms with E-state index in [1.54, 1.807) is 24.3 Å². The first-order valence-corrected chi connectivity index (χ1v) is 6.05. The first-order chi connectivity index (χ1) is 9.11. The van der Waals surface area contributed by atoms with E-state index >= 15 is 0 Å². The molecule has 0 spiro atoms. The highest BCUT2D eigenvalue weighted by molar-refractivity contribution is 5.85. The molecule has 1 aromatic carbocycles. The summed E-state index contributed by atoms with van der Waals surface area (Å²) in [6.07, 6.45) is 2.63. The number of likely N-dealkylation sites (N-methyl/N-ethyl adjacent to an activating group) is 1. The van der Waals surface area contributed by atoms with Crippen molar-refractivity contribution in [1.29, 1.82) is 0 Å². The van der Waals surface area contributed by atoms with Crippen LogP contribution in [0.5, 0.6) is 5.75 Å². The summed E-state index contributed by atoms with van der Waals surface area (Å²) in [6.45, 7) is 2.05. The SMILES string of the molecule is CN(CCO)CCOc1ccc(/C=C/C(=O)O)cc1. The second-order valence-electron chi connectivity index (χ2n) is 4.12. The highest BCUT2D eigenvalue weighted by Crippen LogP contribution is 2.13. The molecule has 0 aliphatic rings. The van der Waals surface area contributed by atoms with E-state index in [0.29, 0.717) is 13.2 Å². The number of ether oxygens (including phenoxy) is 1. The number of aliphatic hydroxyl groups excluding tert-OH is 1. The average molecular weight is 265 g/mol. The topological polar surface area (TPSA) is 70.0 Å². The summed E-state index contributed by atoms with van der Waals surface area (Å²) < 4.78 is 5.54. The molecule has 0 fully saturated rings. The number of rotatable bonds is 8. The zero-order valence-electron chi connectivity index (χ0n) is 11.0. The number of hydrogen-bond donors (Lipinski definition) is 2. The second-order valence-corrected chi connectivity index (χ2v) is 4.12. The Morgan fingerprint density at radius 3 is 2.58 bits per heavy atom. The molecule has 0 saturated carbocycles. The van der Waals surface area contributed by atoms with Gasteiger partial charge >= 0.3 is 5.97 Å². The first kappa shape index (κ1) is 15.2. The summed E-state index contributed by atoms with van der Waals surface area (Å²) in [5.74, 6) is -0.225. The van der Waals surface area contributed by atoms with Gasteiger partial charge in [0.2, 0.25) is 0 Å². The average Bonchev–Trinajstić information content (AvgIpc) is 2.38. The number of hydrogen-bond acceptors (Lipinski definition) is 4. The zero-order chi connectivity index (χ0) is 14.1. The molecule has 0 aliphatic heterocycles. The summed E-state index contributed by atoms with van der Waals surface area (Å²) in [6, 6.07) is 7.19. The van der Waals surface area contributed by atoms with E-state index < -0.39 is 5.97 Å². The van der Waals surface area contributed by atoms with E-state index in [2.05, 4.69) is 0 Å². The van der Waals surface area contributed by atoms with Crippen LogP contribution in [0.3, 0.4) is 0 Å². The lowest BCUT2D eigenvalue weighted by Gasteiger charge is -2.15. The van der Waals surface area contributed by atoms with Gasteiger partial charge in [-0.05, 0) is 30.8 Å². The van der Waals surface area contributed by atoms with Crippen LogP contribution in [0.4, 0.5) is 0 Å². The molecule has 0 aromatic heterocycles. The number of nitrogens with zero attached hydrogens (tertiary/aromatic N) is 1. The van der Waals surface area contributed by atoms with E-state index in [9.17, 15) is 4.79 Å². The molecule has 0 saturated heterocycles. The largest absolute Gasteiger partial charge is 0.492 e. The van der Waals surface area contributed by atoms with Gasteiger partial charge in [0.05, 0.1) is 6.61 Å². The predicted octanol–water partition coefficient (Wildman–Crippen LogP) is 1.09. The molecular formula is C14H19NO4. The molecular weight excluding hydrogens is 246 g/mol. The van der Waals surface area contributed by atoms with Crippen LogP contribution in [-0.4, -0.2) is 54.4 Å². The smallest absolute Gasteiger partial charge is 0.328 e. The number of carbonyl (C=O) groups is 1. The number of benzene rings is 1. The summed E-state index contributed by atoms with van der Waals surface area (Å²) in [7, 11) is 1.92. The van der Waals surface area contributed by atoms with Crippen molar-refractivity contribution in [2.24, 2.45) is 0 Å². The first-order valence-electron chi connectivity index (χ1n) is 6.05. The maximum atomic E-state index is 10.4. The van der Waals surface area contributed by atoms with E-state index in [4.69, 9.17) is 14.9 Å². The number of aliphatic hydroxyl groups is 1. The van der Waals surface area contributed by atoms with Gasteiger partial charge in [-0.2, -0.15) is 0 Å². The fraction of sp³-hybridized carbons (Fsp3) is 0.357. The van der Waals surface area contributed by atoms with Gasteiger partial charge in [0.25, 0.3) is 0 Å². The van der Waals surface area contributed by atoms with Crippen LogP contribution in [0, 0.1) is 0 Å². The van der Waals surface area contributed by atoms with Crippen molar-refractivity contribution in [2.45, 2.75) is 0 Å². The van der Waals surface area contributed by atoms with Gasteiger partial charge in [-0.25, -0.2) is 4.79 Å². The van der Waals surface area contributed by atoms with Gasteiger partial charge < -0.3 is 19.8 Å². The molecule has 5 nitrogen and oxygen atoms in total. The van der Waals surface area contributed by atoms with Gasteiger partial charge in [0.15, 0.2) is 0 Å². The second kappa shape index (κ2) is 8.29. The minimum absolute atomic E-state index is 0.140. The Hall–Kier alpha value is -1.85. The standard InChI is InChI=1S/C14H19NO4/c1-15(8-10-16)9-11-19-13-5-2-12(3-6-13)4-7-14(17)18/h2-7,16H,8-11H2,1H3,(H,17,18)/b7-4+. The predicted molar refractivity (Wildman–Crippen MR) is 73.2 cm³/mol. The van der Waals surface area contributed by atoms with Crippen molar-refractivity contribution in [3.63, 3.8) is 0 Å². The van der Waals surface area contributed by atoms with Crippen molar-refractivity contribution in [3.05, 3.63) is 35.9 Å². The third kappa shape index (κ3) is 6.59. The Balaban J connectivity index is 2.38. The van der Waals surface area contributed by atoms with Crippen molar-refractivity contribution in [1.82, 2.24) is 4.90 Å². The third-order valence-electron chi connectivity index (χ3n) is 2.52. The normalized spacial score (nSPS) is 11.1. The lowest BCUT2D eigenvalue weighted by Crippen LogP contribution is -2.27. The number of carboxylic acid groups (broad SMARTS) is 1. The maximum Gasteiger partial charge on any atom is 0.328 e. The summed E-state index contributed by atoms with van der Waals surface area (Å²) in [5, 5.41) is 17.2. The highest BCUT2D eigenvalue weighted by Gasteiger charge is 1.98. The summed E-state index contributed by atoms with van der Waals surface area (Å²) in [5.41, 5.74) is 0.812. The molecule has 0 amide bonds. The third-order valence-corrected chi connectivity index (χ3v) is 2.52. The quantitative estimate of drug-likeness (QED) is 0.688. The minimum Gasteiger partial charge on any atom is -0.492 e. The Morgan fingerprint density at radius 1 is 1.32 bits per heavy atom. The molecule has 19 heavy (non-hydrogen) atoms. The molecule has 104 valence electrons. The van der Waals surface area contributed by atoms with E-state index in [1.807, 2.05) is 11.9 Å². The van der Waals surface area contributed by atoms with Crippen LogP contribution in [-0.2, 0) is 4.79 Å². The minimum atomic E-state index is -0.966. The highest BCUT2D eigenvalue weighted by atomic mass is 16.5. The van der Waals surface area contributed by atoms with Crippen LogP contribution >= 0.6 is 0 Å². The fourth-order valence-corrected chi connectivity index (χ4v) is 1.44. The van der Waals surface area contributed by atoms with Gasteiger partial charge in [-0.3, -0.25) is 0 Å². The number of aliphatic carboxylic acids is 1. The molecule has 0 aliphatic carbocycles. The zero-order valence-corrected chi connectivity index (χ0v) is 11.0. The molecule has 0 atom stereocenters. The molecule has 0 radical (unpaired) electrons. The molecule has 0 bridgehead atoms. The Morgan fingerprint density at radius 2 is 2.00 bits per heavy atom. The Kier molecular flexibility index (Phi) is 6.63. The monoisotopic (exact) mass is 265 g/mol. The lowest BCUT2D eigenvalue weighted by atomic mass is 10.2. The van der Waals surface area contributed by atoms with Crippen LogP contribution < -0.4 is 4.74 Å². The fourth-order valence-electron chi connectivity index (χ4n) is 1.44. The van der Waals surface area contributed by atoms with Gasteiger partial charge in [0, 0.05) is 19.2 Å². The lowest BCUT2D eigenvalue weighted by molar-refractivity contribution is -0.131.